The lowest BCUT2D eigenvalue weighted by atomic mass is 9.94. The zero-order valence-corrected chi connectivity index (χ0v) is 28.6. The summed E-state index contributed by atoms with van der Waals surface area (Å²) in [5.74, 6) is 1.88. The van der Waals surface area contributed by atoms with Crippen molar-refractivity contribution < 1.29 is 4.42 Å². The summed E-state index contributed by atoms with van der Waals surface area (Å²) in [6, 6.07) is 65.2. The van der Waals surface area contributed by atoms with Gasteiger partial charge in [-0.1, -0.05) is 170 Å². The minimum absolute atomic E-state index is 0.623. The molecular weight excluding hydrogens is 647 g/mol. The van der Waals surface area contributed by atoms with Crippen LogP contribution in [0, 0.1) is 0 Å². The van der Waals surface area contributed by atoms with Gasteiger partial charge in [0.1, 0.15) is 11.2 Å². The first kappa shape index (κ1) is 30.6. The fourth-order valence-electron chi connectivity index (χ4n) is 7.30. The van der Waals surface area contributed by atoms with Crippen LogP contribution in [0.3, 0.4) is 0 Å². The van der Waals surface area contributed by atoms with Crippen molar-refractivity contribution in [3.8, 4) is 67.5 Å². The summed E-state index contributed by atoms with van der Waals surface area (Å²) in [5, 5.41) is 4.59. The Hall–Kier alpha value is -7.17. The van der Waals surface area contributed by atoms with E-state index in [-0.39, 0.29) is 0 Å². The van der Waals surface area contributed by atoms with Crippen molar-refractivity contribution in [3.63, 3.8) is 0 Å². The molecule has 248 valence electrons. The van der Waals surface area contributed by atoms with Gasteiger partial charge in [0.15, 0.2) is 17.5 Å². The fraction of sp³-hybridized carbons (Fsp3) is 0. The first-order chi connectivity index (χ1) is 26.2. The van der Waals surface area contributed by atoms with Gasteiger partial charge in [-0.15, -0.1) is 0 Å². The number of fused-ring (bicyclic) bond motifs is 4. The summed E-state index contributed by atoms with van der Waals surface area (Å²) in [5.41, 5.74) is 11.5. The Kier molecular flexibility index (Phi) is 7.43. The molecule has 0 saturated carbocycles. The van der Waals surface area contributed by atoms with Crippen LogP contribution >= 0.6 is 0 Å². The first-order valence-electron chi connectivity index (χ1n) is 17.8. The third kappa shape index (κ3) is 5.63. The van der Waals surface area contributed by atoms with Crippen molar-refractivity contribution >= 4 is 32.7 Å². The number of hydrogen-bond donors (Lipinski definition) is 0. The Balaban J connectivity index is 1.04. The van der Waals surface area contributed by atoms with E-state index in [1.165, 1.54) is 27.5 Å². The van der Waals surface area contributed by atoms with Crippen molar-refractivity contribution in [3.05, 3.63) is 188 Å². The lowest BCUT2D eigenvalue weighted by molar-refractivity contribution is 0.669. The van der Waals surface area contributed by atoms with E-state index in [1.807, 2.05) is 42.5 Å². The van der Waals surface area contributed by atoms with Crippen molar-refractivity contribution in [1.82, 2.24) is 15.0 Å². The monoisotopic (exact) mass is 677 g/mol. The first-order valence-corrected chi connectivity index (χ1v) is 17.8. The minimum Gasteiger partial charge on any atom is -0.456 e. The average Bonchev–Trinajstić information content (AvgIpc) is 3.61. The molecular formula is C49H31N3O. The summed E-state index contributed by atoms with van der Waals surface area (Å²) in [4.78, 5) is 15.0. The van der Waals surface area contributed by atoms with Gasteiger partial charge < -0.3 is 4.42 Å². The number of hydrogen-bond acceptors (Lipinski definition) is 4. The maximum absolute atomic E-state index is 6.36. The molecule has 0 bridgehead atoms. The van der Waals surface area contributed by atoms with E-state index in [9.17, 15) is 0 Å². The largest absolute Gasteiger partial charge is 0.456 e. The lowest BCUT2D eigenvalue weighted by Crippen LogP contribution is -2.00. The Bertz CT molecular complexity index is 2910. The quantitative estimate of drug-likeness (QED) is 0.176. The standard InChI is InChI=1S/C49H31N3O/c1-3-12-32(13-4-1)40-18-9-10-19-41(40)33-22-26-36(27-23-33)48-50-47(35-14-5-2-6-15-35)51-49(52-48)37-28-24-34(25-29-37)42-20-11-21-44-46(42)43-30-38-16-7-8-17-39(38)31-45(43)53-44/h1-31H. The number of furan rings is 1. The zero-order valence-electron chi connectivity index (χ0n) is 28.6. The van der Waals surface area contributed by atoms with Gasteiger partial charge in [-0.05, 0) is 62.4 Å². The molecule has 0 spiro atoms. The van der Waals surface area contributed by atoms with Crippen LogP contribution in [-0.2, 0) is 0 Å². The van der Waals surface area contributed by atoms with Crippen LogP contribution in [0.5, 0.6) is 0 Å². The molecule has 2 heterocycles. The van der Waals surface area contributed by atoms with Gasteiger partial charge >= 0.3 is 0 Å². The molecule has 0 fully saturated rings. The average molecular weight is 678 g/mol. The predicted molar refractivity (Wildman–Crippen MR) is 217 cm³/mol. The molecule has 0 N–H and O–H groups in total. The van der Waals surface area contributed by atoms with E-state index in [1.54, 1.807) is 0 Å². The number of aromatic nitrogens is 3. The number of benzene rings is 8. The van der Waals surface area contributed by atoms with E-state index in [4.69, 9.17) is 19.4 Å². The topological polar surface area (TPSA) is 51.8 Å². The van der Waals surface area contributed by atoms with E-state index in [0.717, 1.165) is 55.3 Å². The van der Waals surface area contributed by atoms with Gasteiger partial charge in [0, 0.05) is 27.5 Å². The van der Waals surface area contributed by atoms with Crippen LogP contribution in [0.2, 0.25) is 0 Å². The highest BCUT2D eigenvalue weighted by atomic mass is 16.3. The smallest absolute Gasteiger partial charge is 0.164 e. The Labute approximate surface area is 306 Å². The normalized spacial score (nSPS) is 11.4. The lowest BCUT2D eigenvalue weighted by Gasteiger charge is -2.12. The minimum atomic E-state index is 0.623. The Morgan fingerprint density at radius 1 is 0.302 bits per heavy atom. The second-order valence-electron chi connectivity index (χ2n) is 13.2. The molecule has 2 aromatic heterocycles. The molecule has 4 heteroatoms. The molecule has 0 radical (unpaired) electrons. The van der Waals surface area contributed by atoms with Crippen LogP contribution in [-0.4, -0.2) is 15.0 Å². The summed E-state index contributed by atoms with van der Waals surface area (Å²) in [7, 11) is 0. The Morgan fingerprint density at radius 2 is 0.717 bits per heavy atom. The van der Waals surface area contributed by atoms with Crippen LogP contribution in [0.4, 0.5) is 0 Å². The Morgan fingerprint density at radius 3 is 1.30 bits per heavy atom. The van der Waals surface area contributed by atoms with E-state index in [2.05, 4.69) is 146 Å². The number of rotatable bonds is 6. The maximum Gasteiger partial charge on any atom is 0.164 e. The van der Waals surface area contributed by atoms with E-state index in [0.29, 0.717) is 17.5 Å². The van der Waals surface area contributed by atoms with Crippen LogP contribution in [0.15, 0.2) is 192 Å². The molecule has 10 aromatic rings. The van der Waals surface area contributed by atoms with Crippen molar-refractivity contribution in [2.45, 2.75) is 0 Å². The molecule has 53 heavy (non-hydrogen) atoms. The summed E-state index contributed by atoms with van der Waals surface area (Å²) < 4.78 is 6.36. The third-order valence-electron chi connectivity index (χ3n) is 9.95. The molecule has 0 saturated heterocycles. The number of nitrogens with zero attached hydrogens (tertiary/aromatic N) is 3. The molecule has 0 unspecified atom stereocenters. The zero-order chi connectivity index (χ0) is 35.1. The van der Waals surface area contributed by atoms with Gasteiger partial charge in [0.25, 0.3) is 0 Å². The summed E-state index contributed by atoms with van der Waals surface area (Å²) in [6.07, 6.45) is 0. The molecule has 0 atom stereocenters. The molecule has 10 rings (SSSR count). The van der Waals surface area contributed by atoms with Crippen molar-refractivity contribution in [2.75, 3.05) is 0 Å². The van der Waals surface area contributed by atoms with E-state index >= 15 is 0 Å². The fourth-order valence-corrected chi connectivity index (χ4v) is 7.30. The van der Waals surface area contributed by atoms with Gasteiger partial charge in [-0.25, -0.2) is 15.0 Å². The van der Waals surface area contributed by atoms with Gasteiger partial charge in [0.2, 0.25) is 0 Å². The molecule has 0 aliphatic heterocycles. The van der Waals surface area contributed by atoms with Crippen molar-refractivity contribution in [2.24, 2.45) is 0 Å². The molecule has 0 aliphatic rings. The maximum atomic E-state index is 6.36. The SMILES string of the molecule is c1ccc(-c2nc(-c3ccc(-c4ccccc4-c4ccccc4)cc3)nc(-c3ccc(-c4cccc5oc6cc7ccccc7cc6c45)cc3)n2)cc1. The molecule has 0 aliphatic carbocycles. The van der Waals surface area contributed by atoms with Crippen LogP contribution < -0.4 is 0 Å². The molecule has 8 aromatic carbocycles. The second-order valence-corrected chi connectivity index (χ2v) is 13.2. The highest BCUT2D eigenvalue weighted by Gasteiger charge is 2.16. The summed E-state index contributed by atoms with van der Waals surface area (Å²) >= 11 is 0. The van der Waals surface area contributed by atoms with Gasteiger partial charge in [-0.3, -0.25) is 0 Å². The third-order valence-corrected chi connectivity index (χ3v) is 9.95. The van der Waals surface area contributed by atoms with E-state index < -0.39 is 0 Å². The van der Waals surface area contributed by atoms with Gasteiger partial charge in [-0.2, -0.15) is 0 Å². The molecule has 4 nitrogen and oxygen atoms in total. The van der Waals surface area contributed by atoms with Crippen LogP contribution in [0.1, 0.15) is 0 Å². The van der Waals surface area contributed by atoms with Crippen molar-refractivity contribution in [1.29, 1.82) is 0 Å². The predicted octanol–water partition coefficient (Wildman–Crippen LogP) is 12.9. The molecule has 0 amide bonds. The second kappa shape index (κ2) is 12.9. The van der Waals surface area contributed by atoms with Gasteiger partial charge in [0.05, 0.1) is 0 Å². The van der Waals surface area contributed by atoms with Crippen LogP contribution in [0.25, 0.3) is 100 Å². The summed E-state index contributed by atoms with van der Waals surface area (Å²) in [6.45, 7) is 0. The highest BCUT2D eigenvalue weighted by Crippen LogP contribution is 2.39. The highest BCUT2D eigenvalue weighted by molar-refractivity contribution is 6.15.